The van der Waals surface area contributed by atoms with Gasteiger partial charge in [-0.05, 0) is 68.0 Å². The molecule has 2 heterocycles. The van der Waals surface area contributed by atoms with Gasteiger partial charge in [-0.1, -0.05) is 140 Å². The number of fused-ring (bicyclic) bond motifs is 2. The number of hydrogen-bond donors (Lipinski definition) is 0. The van der Waals surface area contributed by atoms with E-state index in [1.54, 1.807) is 18.9 Å². The van der Waals surface area contributed by atoms with Gasteiger partial charge < -0.3 is 0 Å². The van der Waals surface area contributed by atoms with E-state index < -0.39 is 0 Å². The van der Waals surface area contributed by atoms with Crippen LogP contribution in [0.25, 0.3) is 21.5 Å². The van der Waals surface area contributed by atoms with Crippen molar-refractivity contribution in [1.29, 1.82) is 0 Å². The number of benzene rings is 4. The molecule has 0 N–H and O–H groups in total. The Morgan fingerprint density at radius 1 is 0.455 bits per heavy atom. The van der Waals surface area contributed by atoms with Crippen LogP contribution in [0.5, 0.6) is 0 Å². The first-order valence-corrected chi connectivity index (χ1v) is 15.6. The van der Waals surface area contributed by atoms with Gasteiger partial charge in [0.2, 0.25) is 0 Å². The maximum atomic E-state index is 4.07. The van der Waals surface area contributed by atoms with Gasteiger partial charge in [0.05, 0.1) is 0 Å². The Bertz CT molecular complexity index is 1600. The van der Waals surface area contributed by atoms with E-state index in [4.69, 9.17) is 0 Å². The first-order chi connectivity index (χ1) is 21.2. The van der Waals surface area contributed by atoms with Crippen LogP contribution < -0.4 is 0 Å². The SMILES string of the molecule is CC(C)c1ccc2ccccc2c1.CC(C)c1cccc2ccccc12.CC(C)c1ccncn1.CC(C)c1cncnc1. The summed E-state index contributed by atoms with van der Waals surface area (Å²) in [5.41, 5.74) is 5.15. The highest BCUT2D eigenvalue weighted by atomic mass is 14.8. The van der Waals surface area contributed by atoms with Crippen molar-refractivity contribution in [3.05, 3.63) is 145 Å². The van der Waals surface area contributed by atoms with E-state index in [9.17, 15) is 0 Å². The van der Waals surface area contributed by atoms with Crippen molar-refractivity contribution in [1.82, 2.24) is 19.9 Å². The maximum absolute atomic E-state index is 4.07. The van der Waals surface area contributed by atoms with Crippen LogP contribution in [0.15, 0.2) is 122 Å². The molecular formula is C40H48N4. The minimum absolute atomic E-state index is 0.507. The molecule has 0 saturated heterocycles. The average molecular weight is 585 g/mol. The van der Waals surface area contributed by atoms with Crippen molar-refractivity contribution >= 4 is 21.5 Å². The van der Waals surface area contributed by atoms with Gasteiger partial charge in [-0.15, -0.1) is 0 Å². The van der Waals surface area contributed by atoms with Crippen molar-refractivity contribution in [2.75, 3.05) is 0 Å². The summed E-state index contributed by atoms with van der Waals surface area (Å²) in [6.07, 6.45) is 8.58. The molecule has 4 aromatic carbocycles. The molecule has 6 rings (SSSR count). The van der Waals surface area contributed by atoms with Crippen LogP contribution in [0.1, 0.15) is 101 Å². The maximum Gasteiger partial charge on any atom is 0.115 e. The van der Waals surface area contributed by atoms with Crippen LogP contribution in [0.2, 0.25) is 0 Å². The van der Waals surface area contributed by atoms with Gasteiger partial charge in [0, 0.05) is 24.3 Å². The third-order valence-electron chi connectivity index (χ3n) is 7.33. The van der Waals surface area contributed by atoms with Gasteiger partial charge in [-0.2, -0.15) is 0 Å². The number of aromatic nitrogens is 4. The monoisotopic (exact) mass is 584 g/mol. The lowest BCUT2D eigenvalue weighted by Gasteiger charge is -2.08. The summed E-state index contributed by atoms with van der Waals surface area (Å²) in [7, 11) is 0. The average Bonchev–Trinajstić information content (AvgIpc) is 3.06. The van der Waals surface area contributed by atoms with Crippen LogP contribution in [0, 0.1) is 0 Å². The number of rotatable bonds is 4. The van der Waals surface area contributed by atoms with Gasteiger partial charge in [-0.25, -0.2) is 19.9 Å². The molecule has 0 aliphatic rings. The summed E-state index contributed by atoms with van der Waals surface area (Å²) < 4.78 is 0. The number of hydrogen-bond acceptors (Lipinski definition) is 4. The third kappa shape index (κ3) is 10.7. The molecule has 0 fully saturated rings. The Morgan fingerprint density at radius 2 is 1.07 bits per heavy atom. The van der Waals surface area contributed by atoms with E-state index in [1.165, 1.54) is 38.2 Å². The fourth-order valence-corrected chi connectivity index (χ4v) is 4.57. The molecule has 0 aliphatic carbocycles. The predicted molar refractivity (Wildman–Crippen MR) is 188 cm³/mol. The van der Waals surface area contributed by atoms with E-state index in [2.05, 4.69) is 160 Å². The first kappa shape index (κ1) is 34.1. The van der Waals surface area contributed by atoms with E-state index in [-0.39, 0.29) is 0 Å². The largest absolute Gasteiger partial charge is 0.245 e. The fourth-order valence-electron chi connectivity index (χ4n) is 4.57. The summed E-state index contributed by atoms with van der Waals surface area (Å²) >= 11 is 0. The molecule has 228 valence electrons. The van der Waals surface area contributed by atoms with Crippen LogP contribution in [-0.4, -0.2) is 19.9 Å². The molecule has 0 atom stereocenters. The first-order valence-electron chi connectivity index (χ1n) is 15.6. The smallest absolute Gasteiger partial charge is 0.115 e. The lowest BCUT2D eigenvalue weighted by Crippen LogP contribution is -1.90. The molecule has 44 heavy (non-hydrogen) atoms. The van der Waals surface area contributed by atoms with Crippen LogP contribution >= 0.6 is 0 Å². The summed E-state index contributed by atoms with van der Waals surface area (Å²) in [6, 6.07) is 32.2. The van der Waals surface area contributed by atoms with Crippen molar-refractivity contribution in [2.45, 2.75) is 79.1 Å². The van der Waals surface area contributed by atoms with Crippen molar-refractivity contribution in [2.24, 2.45) is 0 Å². The molecule has 2 aromatic heterocycles. The molecule has 0 spiro atoms. The molecule has 0 amide bonds. The predicted octanol–water partition coefficient (Wildman–Crippen LogP) is 11.1. The lowest BCUT2D eigenvalue weighted by molar-refractivity contribution is 0.814. The highest BCUT2D eigenvalue weighted by Gasteiger charge is 2.03. The lowest BCUT2D eigenvalue weighted by atomic mass is 9.96. The summed E-state index contributed by atoms with van der Waals surface area (Å²) in [5.74, 6) is 2.26. The molecule has 4 heteroatoms. The van der Waals surface area contributed by atoms with Gasteiger partial charge in [-0.3, -0.25) is 0 Å². The minimum atomic E-state index is 0.507. The zero-order valence-corrected chi connectivity index (χ0v) is 27.6. The third-order valence-corrected chi connectivity index (χ3v) is 7.33. The summed E-state index contributed by atoms with van der Waals surface area (Å²) in [5, 5.41) is 5.40. The summed E-state index contributed by atoms with van der Waals surface area (Å²) in [4.78, 5) is 15.7. The highest BCUT2D eigenvalue weighted by molar-refractivity contribution is 5.86. The molecule has 0 unspecified atom stereocenters. The standard InChI is InChI=1S/2C13H14.2C7H10N2/c1-10(2)12-9-5-7-11-6-3-4-8-13(11)12;1-10(2)12-8-7-11-5-3-4-6-13(11)9-12;1-6(2)7-3-8-5-9-4-7;1-6(2)7-3-4-8-5-9-7/h2*3-10H,1-2H3;2*3-6H,1-2H3. The molecule has 0 aliphatic heterocycles. The van der Waals surface area contributed by atoms with Crippen LogP contribution in [-0.2, 0) is 0 Å². The zero-order chi connectivity index (χ0) is 31.9. The molecular weight excluding hydrogens is 536 g/mol. The van der Waals surface area contributed by atoms with E-state index in [1.807, 2.05) is 18.5 Å². The normalized spacial score (nSPS) is 10.6. The quantitative estimate of drug-likeness (QED) is 0.207. The highest BCUT2D eigenvalue weighted by Crippen LogP contribution is 2.25. The molecule has 0 radical (unpaired) electrons. The second-order valence-electron chi connectivity index (χ2n) is 12.1. The molecule has 4 nitrogen and oxygen atoms in total. The Kier molecular flexibility index (Phi) is 13.6. The minimum Gasteiger partial charge on any atom is -0.245 e. The zero-order valence-electron chi connectivity index (χ0n) is 27.6. The Balaban J connectivity index is 0.000000163. The summed E-state index contributed by atoms with van der Waals surface area (Å²) in [6.45, 7) is 17.4. The Morgan fingerprint density at radius 3 is 1.61 bits per heavy atom. The molecule has 0 saturated carbocycles. The molecule has 0 bridgehead atoms. The second kappa shape index (κ2) is 17.6. The van der Waals surface area contributed by atoms with Gasteiger partial charge >= 0.3 is 0 Å². The van der Waals surface area contributed by atoms with Crippen LogP contribution in [0.3, 0.4) is 0 Å². The van der Waals surface area contributed by atoms with E-state index in [0.717, 1.165) is 5.69 Å². The fraction of sp³-hybridized carbons (Fsp3) is 0.300. The topological polar surface area (TPSA) is 51.6 Å². The number of nitrogens with zero attached hydrogens (tertiary/aromatic N) is 4. The van der Waals surface area contributed by atoms with Crippen molar-refractivity contribution in [3.63, 3.8) is 0 Å². The van der Waals surface area contributed by atoms with E-state index >= 15 is 0 Å². The van der Waals surface area contributed by atoms with Gasteiger partial charge in [0.25, 0.3) is 0 Å². The Hall–Kier alpha value is -4.44. The second-order valence-corrected chi connectivity index (χ2v) is 12.1. The van der Waals surface area contributed by atoms with Gasteiger partial charge in [0.1, 0.15) is 12.7 Å². The van der Waals surface area contributed by atoms with Crippen molar-refractivity contribution < 1.29 is 0 Å². The Labute approximate surface area is 264 Å². The van der Waals surface area contributed by atoms with Crippen molar-refractivity contribution in [3.8, 4) is 0 Å². The van der Waals surface area contributed by atoms with Gasteiger partial charge in [0.15, 0.2) is 0 Å². The van der Waals surface area contributed by atoms with Crippen LogP contribution in [0.4, 0.5) is 0 Å². The molecule has 6 aromatic rings. The van der Waals surface area contributed by atoms with E-state index in [0.29, 0.717) is 23.7 Å².